The summed E-state index contributed by atoms with van der Waals surface area (Å²) >= 11 is 1.44. The predicted molar refractivity (Wildman–Crippen MR) is 97.8 cm³/mol. The summed E-state index contributed by atoms with van der Waals surface area (Å²) in [5.41, 5.74) is 7.96. The number of benzene rings is 1. The summed E-state index contributed by atoms with van der Waals surface area (Å²) in [6.07, 6.45) is 0. The number of nitrogens with two attached hydrogens (primary N) is 1. The van der Waals surface area contributed by atoms with Crippen LogP contribution >= 0.6 is 11.8 Å². The first kappa shape index (κ1) is 18.0. The molecular formula is C16H22N6OS. The van der Waals surface area contributed by atoms with Crippen LogP contribution < -0.4 is 16.0 Å². The molecule has 0 atom stereocenters. The summed E-state index contributed by atoms with van der Waals surface area (Å²) in [5.74, 6) is 2.10. The highest BCUT2D eigenvalue weighted by molar-refractivity contribution is 7.99. The van der Waals surface area contributed by atoms with E-state index in [2.05, 4.69) is 20.3 Å². The van der Waals surface area contributed by atoms with Crippen LogP contribution in [0.4, 0.5) is 11.9 Å². The number of carbonyl (C=O) groups is 1. The minimum Gasteiger partial charge on any atom is -0.368 e. The number of aryl methyl sites for hydroxylation is 1. The van der Waals surface area contributed by atoms with E-state index in [1.54, 1.807) is 4.90 Å². The average Bonchev–Trinajstić information content (AvgIpc) is 2.54. The summed E-state index contributed by atoms with van der Waals surface area (Å²) in [5, 5.41) is 2.90. The fourth-order valence-corrected chi connectivity index (χ4v) is 2.58. The lowest BCUT2D eigenvalue weighted by atomic mass is 10.1. The molecule has 3 N–H and O–H groups in total. The van der Waals surface area contributed by atoms with Crippen molar-refractivity contribution in [1.29, 1.82) is 0 Å². The van der Waals surface area contributed by atoms with Gasteiger partial charge in [0, 0.05) is 20.6 Å². The Bertz CT molecular complexity index is 689. The Balaban J connectivity index is 1.77. The largest absolute Gasteiger partial charge is 0.368 e. The van der Waals surface area contributed by atoms with Crippen LogP contribution in [0.15, 0.2) is 24.3 Å². The third-order valence-electron chi connectivity index (χ3n) is 3.16. The van der Waals surface area contributed by atoms with Crippen molar-refractivity contribution >= 4 is 29.6 Å². The topological polar surface area (TPSA) is 97.0 Å². The summed E-state index contributed by atoms with van der Waals surface area (Å²) < 4.78 is 0. The smallest absolute Gasteiger partial charge is 0.230 e. The minimum atomic E-state index is -0.0181. The maximum Gasteiger partial charge on any atom is 0.230 e. The summed E-state index contributed by atoms with van der Waals surface area (Å²) in [6.45, 7) is 2.57. The van der Waals surface area contributed by atoms with E-state index < -0.39 is 0 Å². The number of nitrogen functional groups attached to an aromatic ring is 1. The molecule has 0 saturated heterocycles. The van der Waals surface area contributed by atoms with Gasteiger partial charge in [0.05, 0.1) is 11.5 Å². The zero-order chi connectivity index (χ0) is 17.5. The highest BCUT2D eigenvalue weighted by atomic mass is 32.2. The van der Waals surface area contributed by atoms with Crippen molar-refractivity contribution in [3.05, 3.63) is 41.2 Å². The lowest BCUT2D eigenvalue weighted by Crippen LogP contribution is -2.24. The van der Waals surface area contributed by atoms with Crippen LogP contribution in [0.3, 0.4) is 0 Å². The summed E-state index contributed by atoms with van der Waals surface area (Å²) in [7, 11) is 3.68. The van der Waals surface area contributed by atoms with E-state index in [1.165, 1.54) is 17.3 Å². The lowest BCUT2D eigenvalue weighted by molar-refractivity contribution is -0.118. The van der Waals surface area contributed by atoms with Gasteiger partial charge < -0.3 is 16.0 Å². The van der Waals surface area contributed by atoms with Gasteiger partial charge >= 0.3 is 0 Å². The first-order chi connectivity index (χ1) is 11.4. The Morgan fingerprint density at radius 3 is 2.58 bits per heavy atom. The lowest BCUT2D eigenvalue weighted by Gasteiger charge is -2.11. The molecule has 2 aromatic rings. The van der Waals surface area contributed by atoms with Crippen molar-refractivity contribution < 1.29 is 4.79 Å². The van der Waals surface area contributed by atoms with Gasteiger partial charge in [0.25, 0.3) is 0 Å². The van der Waals surface area contributed by atoms with Crippen LogP contribution in [-0.4, -0.2) is 40.7 Å². The standard InChI is InChI=1S/C16H22N6OS/c1-11-4-6-12(7-5-11)8-18-14(23)10-24-9-13-19-15(17)21-16(20-13)22(2)3/h4-7H,8-10H2,1-3H3,(H,18,23)(H2,17,19,20,21). The van der Waals surface area contributed by atoms with Crippen LogP contribution in [0.5, 0.6) is 0 Å². The third-order valence-corrected chi connectivity index (χ3v) is 4.09. The number of hydrogen-bond donors (Lipinski definition) is 2. The number of nitrogens with zero attached hydrogens (tertiary/aromatic N) is 4. The Hall–Kier alpha value is -2.35. The first-order valence-corrected chi connectivity index (χ1v) is 8.67. The van der Waals surface area contributed by atoms with Gasteiger partial charge in [-0.15, -0.1) is 11.8 Å². The van der Waals surface area contributed by atoms with Crippen molar-refractivity contribution in [2.45, 2.75) is 19.2 Å². The Morgan fingerprint density at radius 1 is 1.21 bits per heavy atom. The van der Waals surface area contributed by atoms with E-state index in [0.29, 0.717) is 29.8 Å². The van der Waals surface area contributed by atoms with Crippen LogP contribution in [0.2, 0.25) is 0 Å². The molecule has 8 heteroatoms. The van der Waals surface area contributed by atoms with Crippen molar-refractivity contribution in [2.24, 2.45) is 0 Å². The molecule has 1 aromatic heterocycles. The molecule has 1 aromatic carbocycles. The molecular weight excluding hydrogens is 324 g/mol. The minimum absolute atomic E-state index is 0.0181. The maximum atomic E-state index is 11.9. The zero-order valence-corrected chi connectivity index (χ0v) is 14.9. The molecule has 7 nitrogen and oxygen atoms in total. The fourth-order valence-electron chi connectivity index (χ4n) is 1.88. The van der Waals surface area contributed by atoms with Crippen molar-refractivity contribution in [3.8, 4) is 0 Å². The van der Waals surface area contributed by atoms with Crippen molar-refractivity contribution in [1.82, 2.24) is 20.3 Å². The van der Waals surface area contributed by atoms with Crippen LogP contribution in [0, 0.1) is 6.92 Å². The molecule has 0 spiro atoms. The van der Waals surface area contributed by atoms with E-state index in [9.17, 15) is 4.79 Å². The second kappa shape index (κ2) is 8.49. The first-order valence-electron chi connectivity index (χ1n) is 7.52. The molecule has 128 valence electrons. The van der Waals surface area contributed by atoms with Gasteiger partial charge in [0.15, 0.2) is 0 Å². The highest BCUT2D eigenvalue weighted by Crippen LogP contribution is 2.12. The fraction of sp³-hybridized carbons (Fsp3) is 0.375. The van der Waals surface area contributed by atoms with Gasteiger partial charge in [-0.1, -0.05) is 29.8 Å². The molecule has 24 heavy (non-hydrogen) atoms. The SMILES string of the molecule is Cc1ccc(CNC(=O)CSCc2nc(N)nc(N(C)C)n2)cc1. The number of nitrogens with one attached hydrogen (secondary N) is 1. The summed E-state index contributed by atoms with van der Waals surface area (Å²) in [6, 6.07) is 8.09. The van der Waals surface area contributed by atoms with Crippen LogP contribution in [0.25, 0.3) is 0 Å². The second-order valence-electron chi connectivity index (χ2n) is 5.56. The molecule has 0 aliphatic rings. The predicted octanol–water partition coefficient (Wildman–Crippen LogP) is 1.38. The number of thioether (sulfide) groups is 1. The summed E-state index contributed by atoms with van der Waals surface area (Å²) in [4.78, 5) is 26.1. The molecule has 2 rings (SSSR count). The number of aromatic nitrogens is 3. The molecule has 0 radical (unpaired) electrons. The molecule has 1 amide bonds. The van der Waals surface area contributed by atoms with Gasteiger partial charge in [-0.25, -0.2) is 0 Å². The monoisotopic (exact) mass is 346 g/mol. The second-order valence-corrected chi connectivity index (χ2v) is 6.54. The number of amides is 1. The molecule has 0 saturated carbocycles. The van der Waals surface area contributed by atoms with E-state index in [4.69, 9.17) is 5.73 Å². The van der Waals surface area contributed by atoms with E-state index in [-0.39, 0.29) is 11.9 Å². The zero-order valence-electron chi connectivity index (χ0n) is 14.1. The van der Waals surface area contributed by atoms with Crippen LogP contribution in [0.1, 0.15) is 17.0 Å². The van der Waals surface area contributed by atoms with Crippen molar-refractivity contribution in [3.63, 3.8) is 0 Å². The number of carbonyl (C=O) groups excluding carboxylic acids is 1. The molecule has 1 heterocycles. The number of hydrogen-bond acceptors (Lipinski definition) is 7. The molecule has 0 aliphatic heterocycles. The quantitative estimate of drug-likeness (QED) is 0.781. The van der Waals surface area contributed by atoms with Gasteiger partial charge in [0.2, 0.25) is 17.8 Å². The van der Waals surface area contributed by atoms with E-state index >= 15 is 0 Å². The Kier molecular flexibility index (Phi) is 6.36. The van der Waals surface area contributed by atoms with Gasteiger partial charge in [-0.2, -0.15) is 15.0 Å². The Labute approximate surface area is 146 Å². The molecule has 0 bridgehead atoms. The molecule has 0 unspecified atom stereocenters. The van der Waals surface area contributed by atoms with Gasteiger partial charge in [0.1, 0.15) is 5.82 Å². The number of anilines is 2. The van der Waals surface area contributed by atoms with Crippen molar-refractivity contribution in [2.75, 3.05) is 30.5 Å². The number of rotatable bonds is 7. The van der Waals surface area contributed by atoms with Gasteiger partial charge in [-0.05, 0) is 12.5 Å². The van der Waals surface area contributed by atoms with Crippen LogP contribution in [-0.2, 0) is 17.1 Å². The normalized spacial score (nSPS) is 10.5. The van der Waals surface area contributed by atoms with E-state index in [0.717, 1.165) is 5.56 Å². The average molecular weight is 346 g/mol. The van der Waals surface area contributed by atoms with E-state index in [1.807, 2.05) is 45.3 Å². The Morgan fingerprint density at radius 2 is 1.92 bits per heavy atom. The molecule has 0 aliphatic carbocycles. The highest BCUT2D eigenvalue weighted by Gasteiger charge is 2.08. The maximum absolute atomic E-state index is 11.9. The third kappa shape index (κ3) is 5.69. The van der Waals surface area contributed by atoms with Gasteiger partial charge in [-0.3, -0.25) is 4.79 Å². The molecule has 0 fully saturated rings.